The minimum atomic E-state index is -0.153. The number of imidazole rings is 1. The Kier molecular flexibility index (Phi) is 7.53. The third-order valence-electron chi connectivity index (χ3n) is 5.82. The molecule has 0 unspecified atom stereocenters. The molecule has 0 aliphatic carbocycles. The van der Waals surface area contributed by atoms with Crippen molar-refractivity contribution in [2.45, 2.75) is 46.2 Å². The van der Waals surface area contributed by atoms with E-state index in [0.717, 1.165) is 35.6 Å². The molecule has 0 saturated heterocycles. The summed E-state index contributed by atoms with van der Waals surface area (Å²) >= 11 is 5.93. The van der Waals surface area contributed by atoms with Gasteiger partial charge >= 0.3 is 0 Å². The Morgan fingerprint density at radius 1 is 1.09 bits per heavy atom. The lowest BCUT2D eigenvalue weighted by Crippen LogP contribution is -2.25. The number of aromatic nitrogens is 2. The van der Waals surface area contributed by atoms with E-state index in [0.29, 0.717) is 29.7 Å². The predicted molar refractivity (Wildman–Crippen MR) is 138 cm³/mol. The molecule has 1 heterocycles. The van der Waals surface area contributed by atoms with E-state index in [1.807, 2.05) is 18.2 Å². The zero-order valence-electron chi connectivity index (χ0n) is 19.8. The highest BCUT2D eigenvalue weighted by Crippen LogP contribution is 2.27. The van der Waals surface area contributed by atoms with Crippen molar-refractivity contribution in [3.05, 3.63) is 94.3 Å². The topological polar surface area (TPSA) is 56.1 Å². The molecule has 1 amide bonds. The van der Waals surface area contributed by atoms with E-state index in [1.54, 1.807) is 24.3 Å². The number of fused-ring (bicyclic) bond motifs is 1. The number of rotatable bonds is 9. The number of amides is 1. The van der Waals surface area contributed by atoms with Gasteiger partial charge < -0.3 is 14.6 Å². The van der Waals surface area contributed by atoms with Crippen LogP contribution in [-0.4, -0.2) is 22.1 Å². The van der Waals surface area contributed by atoms with E-state index >= 15 is 0 Å². The Hall–Kier alpha value is -3.31. The Bertz CT molecular complexity index is 1280. The molecule has 0 aliphatic heterocycles. The van der Waals surface area contributed by atoms with Crippen LogP contribution in [0.1, 0.15) is 53.5 Å². The Labute approximate surface area is 205 Å². The lowest BCUT2D eigenvalue weighted by atomic mass is 10.0. The van der Waals surface area contributed by atoms with Crippen LogP contribution < -0.4 is 10.1 Å². The van der Waals surface area contributed by atoms with E-state index in [1.165, 1.54) is 11.1 Å². The molecule has 0 aliphatic rings. The maximum atomic E-state index is 12.6. The molecule has 34 heavy (non-hydrogen) atoms. The minimum absolute atomic E-state index is 0.153. The van der Waals surface area contributed by atoms with Gasteiger partial charge in [-0.2, -0.15) is 0 Å². The second-order valence-electron chi connectivity index (χ2n) is 8.76. The molecule has 5 nitrogen and oxygen atoms in total. The fourth-order valence-corrected chi connectivity index (χ4v) is 4.15. The van der Waals surface area contributed by atoms with Crippen molar-refractivity contribution in [2.75, 3.05) is 6.61 Å². The van der Waals surface area contributed by atoms with Gasteiger partial charge in [-0.05, 0) is 72.9 Å². The second kappa shape index (κ2) is 10.7. The summed E-state index contributed by atoms with van der Waals surface area (Å²) in [7, 11) is 0. The third kappa shape index (κ3) is 5.60. The lowest BCUT2D eigenvalue weighted by Gasteiger charge is -2.15. The van der Waals surface area contributed by atoms with E-state index < -0.39 is 0 Å². The number of hydrogen-bond acceptors (Lipinski definition) is 3. The summed E-state index contributed by atoms with van der Waals surface area (Å²) < 4.78 is 8.35. The number of carbonyl (C=O) groups excluding carboxylic acids is 1. The van der Waals surface area contributed by atoms with Gasteiger partial charge in [0.2, 0.25) is 0 Å². The van der Waals surface area contributed by atoms with Gasteiger partial charge in [0.25, 0.3) is 5.91 Å². The Morgan fingerprint density at radius 2 is 1.85 bits per heavy atom. The molecule has 1 aromatic heterocycles. The summed E-state index contributed by atoms with van der Waals surface area (Å²) in [6.07, 6.45) is 0.823. The molecule has 4 rings (SSSR count). The average molecular weight is 476 g/mol. The normalized spacial score (nSPS) is 11.2. The van der Waals surface area contributed by atoms with Gasteiger partial charge in [0.1, 0.15) is 11.6 Å². The van der Waals surface area contributed by atoms with Crippen LogP contribution in [0.15, 0.2) is 66.7 Å². The molecule has 0 radical (unpaired) electrons. The highest BCUT2D eigenvalue weighted by Gasteiger charge is 2.13. The van der Waals surface area contributed by atoms with Crippen LogP contribution in [-0.2, 0) is 13.1 Å². The van der Waals surface area contributed by atoms with E-state index in [-0.39, 0.29) is 5.91 Å². The zero-order chi connectivity index (χ0) is 24.1. The summed E-state index contributed by atoms with van der Waals surface area (Å²) in [6.45, 7) is 8.13. The van der Waals surface area contributed by atoms with E-state index in [2.05, 4.69) is 54.9 Å². The van der Waals surface area contributed by atoms with Gasteiger partial charge in [0.15, 0.2) is 0 Å². The SMILES string of the molecule is Cc1ccc(C(C)C)c(OCCCn2c(CNC(=O)c3ccc(Cl)cc3)nc3ccccc32)c1. The van der Waals surface area contributed by atoms with Gasteiger partial charge in [-0.1, -0.05) is 49.7 Å². The van der Waals surface area contributed by atoms with Crippen molar-refractivity contribution in [1.29, 1.82) is 0 Å². The maximum absolute atomic E-state index is 12.6. The van der Waals surface area contributed by atoms with Crippen molar-refractivity contribution in [2.24, 2.45) is 0 Å². The maximum Gasteiger partial charge on any atom is 0.251 e. The number of benzene rings is 3. The molecule has 0 atom stereocenters. The van der Waals surface area contributed by atoms with Crippen molar-refractivity contribution < 1.29 is 9.53 Å². The summed E-state index contributed by atoms with van der Waals surface area (Å²) in [4.78, 5) is 17.3. The predicted octanol–water partition coefficient (Wildman–Crippen LogP) is 6.52. The van der Waals surface area contributed by atoms with Crippen molar-refractivity contribution in [1.82, 2.24) is 14.9 Å². The minimum Gasteiger partial charge on any atom is -0.493 e. The number of ether oxygens (including phenoxy) is 1. The summed E-state index contributed by atoms with van der Waals surface area (Å²) in [5.74, 6) is 2.03. The molecule has 4 aromatic rings. The number of nitrogens with one attached hydrogen (secondary N) is 1. The first kappa shape index (κ1) is 23.8. The molecule has 176 valence electrons. The molecule has 0 bridgehead atoms. The first-order valence-corrected chi connectivity index (χ1v) is 12.0. The standard InChI is InChI=1S/C28H30ClN3O2/c1-19(2)23-14-9-20(3)17-26(23)34-16-6-15-32-25-8-5-4-7-24(25)31-27(32)18-30-28(33)21-10-12-22(29)13-11-21/h4-5,7-14,17,19H,6,15-16,18H2,1-3H3,(H,30,33). The molecule has 1 N–H and O–H groups in total. The number of hydrogen-bond donors (Lipinski definition) is 1. The van der Waals surface area contributed by atoms with Crippen LogP contribution in [0.3, 0.4) is 0 Å². The summed E-state index contributed by atoms with van der Waals surface area (Å²) in [5, 5.41) is 3.59. The average Bonchev–Trinajstić information content (AvgIpc) is 3.18. The highest BCUT2D eigenvalue weighted by atomic mass is 35.5. The van der Waals surface area contributed by atoms with Crippen LogP contribution in [0, 0.1) is 6.92 Å². The van der Waals surface area contributed by atoms with Gasteiger partial charge in [-0.25, -0.2) is 4.98 Å². The fourth-order valence-electron chi connectivity index (χ4n) is 4.02. The van der Waals surface area contributed by atoms with Gasteiger partial charge in [0.05, 0.1) is 24.2 Å². The van der Waals surface area contributed by atoms with Crippen molar-refractivity contribution in [3.8, 4) is 5.75 Å². The number of para-hydroxylation sites is 2. The zero-order valence-corrected chi connectivity index (χ0v) is 20.6. The highest BCUT2D eigenvalue weighted by molar-refractivity contribution is 6.30. The van der Waals surface area contributed by atoms with Gasteiger partial charge in [-0.3, -0.25) is 4.79 Å². The molecule has 3 aromatic carbocycles. The molecule has 6 heteroatoms. The summed E-state index contributed by atoms with van der Waals surface area (Å²) in [6, 6.07) is 21.3. The lowest BCUT2D eigenvalue weighted by molar-refractivity contribution is 0.0949. The molecule has 0 fully saturated rings. The number of aryl methyl sites for hydroxylation is 2. The van der Waals surface area contributed by atoms with E-state index in [4.69, 9.17) is 21.3 Å². The number of halogens is 1. The Balaban J connectivity index is 1.44. The second-order valence-corrected chi connectivity index (χ2v) is 9.19. The molecule has 0 saturated carbocycles. The van der Waals surface area contributed by atoms with Gasteiger partial charge in [0, 0.05) is 17.1 Å². The van der Waals surface area contributed by atoms with Crippen LogP contribution >= 0.6 is 11.6 Å². The van der Waals surface area contributed by atoms with Crippen LogP contribution in [0.5, 0.6) is 5.75 Å². The molecular weight excluding hydrogens is 446 g/mol. The van der Waals surface area contributed by atoms with Gasteiger partial charge in [-0.15, -0.1) is 0 Å². The molecular formula is C28H30ClN3O2. The number of nitrogens with zero attached hydrogens (tertiary/aromatic N) is 2. The first-order chi connectivity index (χ1) is 16.4. The quantitative estimate of drug-likeness (QED) is 0.280. The van der Waals surface area contributed by atoms with Crippen molar-refractivity contribution in [3.63, 3.8) is 0 Å². The number of carbonyl (C=O) groups is 1. The molecule has 0 spiro atoms. The van der Waals surface area contributed by atoms with Crippen LogP contribution in [0.4, 0.5) is 0 Å². The van der Waals surface area contributed by atoms with E-state index in [9.17, 15) is 4.79 Å². The van der Waals surface area contributed by atoms with Crippen LogP contribution in [0.2, 0.25) is 5.02 Å². The smallest absolute Gasteiger partial charge is 0.251 e. The Morgan fingerprint density at radius 3 is 2.62 bits per heavy atom. The monoisotopic (exact) mass is 475 g/mol. The fraction of sp³-hybridized carbons (Fsp3) is 0.286. The van der Waals surface area contributed by atoms with Crippen LogP contribution in [0.25, 0.3) is 11.0 Å². The third-order valence-corrected chi connectivity index (χ3v) is 6.07. The first-order valence-electron chi connectivity index (χ1n) is 11.6. The van der Waals surface area contributed by atoms with Crippen molar-refractivity contribution >= 4 is 28.5 Å². The summed E-state index contributed by atoms with van der Waals surface area (Å²) in [5.41, 5.74) is 4.96. The largest absolute Gasteiger partial charge is 0.493 e.